The highest BCUT2D eigenvalue weighted by Gasteiger charge is 2.60. The lowest BCUT2D eigenvalue weighted by Gasteiger charge is -2.42. The van der Waals surface area contributed by atoms with E-state index in [1.807, 2.05) is 37.3 Å². The highest BCUT2D eigenvalue weighted by Crippen LogP contribution is 2.57. The lowest BCUT2D eigenvalue weighted by Crippen LogP contribution is -2.59. The molecule has 2 N–H and O–H groups in total. The molecule has 162 valence electrons. The number of carbonyl (C=O) groups excluding carboxylic acids is 1. The van der Waals surface area contributed by atoms with Gasteiger partial charge >= 0.3 is 6.18 Å². The van der Waals surface area contributed by atoms with Crippen molar-refractivity contribution in [2.24, 2.45) is 11.8 Å². The summed E-state index contributed by atoms with van der Waals surface area (Å²) in [5, 5.41) is 17.2. The smallest absolute Gasteiger partial charge is 0.373 e. The van der Waals surface area contributed by atoms with Crippen molar-refractivity contribution >= 4 is 5.91 Å². The summed E-state index contributed by atoms with van der Waals surface area (Å²) in [6, 6.07) is 9.67. The van der Waals surface area contributed by atoms with Gasteiger partial charge in [0.05, 0.1) is 0 Å². The summed E-state index contributed by atoms with van der Waals surface area (Å²) in [7, 11) is 0. The Labute approximate surface area is 172 Å². The second-order valence-electron chi connectivity index (χ2n) is 8.72. The maximum absolute atomic E-state index is 13.1. The minimum Gasteiger partial charge on any atom is -0.373 e. The fourth-order valence-corrected chi connectivity index (χ4v) is 4.68. The van der Waals surface area contributed by atoms with Crippen molar-refractivity contribution in [3.05, 3.63) is 36.2 Å². The molecule has 1 saturated carbocycles. The molecular weight excluding hydrogens is 397 g/mol. The van der Waals surface area contributed by atoms with E-state index in [2.05, 4.69) is 10.2 Å². The van der Waals surface area contributed by atoms with Gasteiger partial charge in [-0.15, -0.1) is 0 Å². The Bertz CT molecular complexity index is 922. The number of piperidine rings is 1. The van der Waals surface area contributed by atoms with E-state index in [0.29, 0.717) is 19.2 Å². The molecule has 2 fully saturated rings. The maximum Gasteiger partial charge on any atom is 0.426 e. The number of benzene rings is 1. The van der Waals surface area contributed by atoms with Gasteiger partial charge in [-0.05, 0) is 38.0 Å². The van der Waals surface area contributed by atoms with E-state index >= 15 is 0 Å². The van der Waals surface area contributed by atoms with Crippen molar-refractivity contribution in [3.63, 3.8) is 0 Å². The number of hydrogen-bond donors (Lipinski definition) is 2. The zero-order chi connectivity index (χ0) is 21.7. The number of carbonyl (C=O) groups is 1. The highest BCUT2D eigenvalue weighted by atomic mass is 19.4. The second-order valence-corrected chi connectivity index (χ2v) is 8.72. The topological polar surface area (TPSA) is 82.1 Å². The van der Waals surface area contributed by atoms with Gasteiger partial charge in [0.1, 0.15) is 0 Å². The van der Waals surface area contributed by atoms with E-state index in [1.54, 1.807) is 0 Å². The molecule has 9 heteroatoms. The predicted molar refractivity (Wildman–Crippen MR) is 103 cm³/mol. The molecule has 0 radical (unpaired) electrons. The van der Waals surface area contributed by atoms with E-state index in [4.69, 9.17) is 4.98 Å². The number of nitrogens with zero attached hydrogens (tertiary/aromatic N) is 3. The number of hydrogen-bond acceptors (Lipinski definition) is 4. The van der Waals surface area contributed by atoms with E-state index in [0.717, 1.165) is 29.1 Å². The van der Waals surface area contributed by atoms with Gasteiger partial charge in [0.15, 0.2) is 11.6 Å². The molecule has 0 spiro atoms. The standard InChI is InChI=1S/C21H25F3N4O2/c1-13-12-28(18(29)19(2,30)21(22,23)24)11-8-15(13)20(9-10-20)17-25-16(26-27-17)14-6-4-3-5-7-14/h3-7,13,15,30H,8-12H2,1-2H3,(H,25,26,27)/t13?,15?,19-/m1/s1. The lowest BCUT2D eigenvalue weighted by molar-refractivity contribution is -0.251. The van der Waals surface area contributed by atoms with Crippen LogP contribution >= 0.6 is 0 Å². The van der Waals surface area contributed by atoms with Crippen molar-refractivity contribution in [2.75, 3.05) is 13.1 Å². The third-order valence-electron chi connectivity index (χ3n) is 6.64. The van der Waals surface area contributed by atoms with E-state index < -0.39 is 17.7 Å². The zero-order valence-electron chi connectivity index (χ0n) is 16.9. The molecule has 6 nitrogen and oxygen atoms in total. The molecule has 4 rings (SSSR count). The van der Waals surface area contributed by atoms with Gasteiger partial charge in [-0.25, -0.2) is 4.98 Å². The van der Waals surface area contributed by atoms with Crippen molar-refractivity contribution in [1.29, 1.82) is 0 Å². The van der Waals surface area contributed by atoms with Crippen LogP contribution in [0.25, 0.3) is 11.4 Å². The third-order valence-corrected chi connectivity index (χ3v) is 6.64. The van der Waals surface area contributed by atoms with Gasteiger partial charge in [0, 0.05) is 24.1 Å². The van der Waals surface area contributed by atoms with Gasteiger partial charge in [0.25, 0.3) is 5.91 Å². The quantitative estimate of drug-likeness (QED) is 0.792. The summed E-state index contributed by atoms with van der Waals surface area (Å²) in [6.07, 6.45) is -2.62. The number of halogens is 3. The molecule has 1 aromatic carbocycles. The van der Waals surface area contributed by atoms with E-state index in [1.165, 1.54) is 0 Å². The Kier molecular flexibility index (Phi) is 4.91. The first-order valence-electron chi connectivity index (χ1n) is 10.1. The Hall–Kier alpha value is -2.42. The predicted octanol–water partition coefficient (Wildman–Crippen LogP) is 3.30. The molecule has 3 atom stereocenters. The van der Waals surface area contributed by atoms with Crippen LogP contribution in [0.3, 0.4) is 0 Å². The van der Waals surface area contributed by atoms with Gasteiger partial charge in [-0.1, -0.05) is 37.3 Å². The largest absolute Gasteiger partial charge is 0.426 e. The number of nitrogens with one attached hydrogen (secondary N) is 1. The lowest BCUT2D eigenvalue weighted by atomic mass is 9.74. The molecule has 1 amide bonds. The molecule has 2 aromatic rings. The van der Waals surface area contributed by atoms with Crippen LogP contribution in [-0.2, 0) is 10.2 Å². The van der Waals surface area contributed by atoms with Gasteiger partial charge in [0.2, 0.25) is 5.60 Å². The Morgan fingerprint density at radius 1 is 1.27 bits per heavy atom. The van der Waals surface area contributed by atoms with Crippen LogP contribution in [-0.4, -0.2) is 56.0 Å². The van der Waals surface area contributed by atoms with Gasteiger partial charge in [-0.2, -0.15) is 18.3 Å². The molecule has 1 aliphatic carbocycles. The van der Waals surface area contributed by atoms with Crippen LogP contribution in [0.5, 0.6) is 0 Å². The first-order chi connectivity index (χ1) is 14.1. The van der Waals surface area contributed by atoms with Crippen molar-refractivity contribution in [2.45, 2.75) is 50.3 Å². The second kappa shape index (κ2) is 7.08. The number of likely N-dealkylation sites (tertiary alicyclic amines) is 1. The summed E-state index contributed by atoms with van der Waals surface area (Å²) >= 11 is 0. The first kappa shape index (κ1) is 20.8. The normalized spacial score (nSPS) is 25.6. The molecule has 2 aliphatic rings. The summed E-state index contributed by atoms with van der Waals surface area (Å²) < 4.78 is 39.2. The monoisotopic (exact) mass is 422 g/mol. The van der Waals surface area contributed by atoms with Crippen molar-refractivity contribution < 1.29 is 23.1 Å². The van der Waals surface area contributed by atoms with Crippen molar-refractivity contribution in [3.8, 4) is 11.4 Å². The maximum atomic E-state index is 13.1. The van der Waals surface area contributed by atoms with Crippen molar-refractivity contribution in [1.82, 2.24) is 20.1 Å². The molecular formula is C21H25F3N4O2. The summed E-state index contributed by atoms with van der Waals surface area (Å²) in [4.78, 5) is 18.2. The minimum absolute atomic E-state index is 0.0343. The Morgan fingerprint density at radius 3 is 2.50 bits per heavy atom. The molecule has 2 heterocycles. The average molecular weight is 422 g/mol. The van der Waals surface area contributed by atoms with Crippen LogP contribution in [0.2, 0.25) is 0 Å². The Morgan fingerprint density at radius 2 is 1.93 bits per heavy atom. The van der Waals surface area contributed by atoms with Gasteiger partial charge < -0.3 is 10.0 Å². The highest BCUT2D eigenvalue weighted by molar-refractivity contribution is 5.85. The molecule has 0 bridgehead atoms. The number of aromatic amines is 1. The minimum atomic E-state index is -5.01. The first-order valence-corrected chi connectivity index (χ1v) is 10.1. The SMILES string of the molecule is CC1CN(C(=O)[C@@](C)(O)C(F)(F)F)CCC1C1(c2n[nH]c(-c3ccccc3)n2)CC1. The summed E-state index contributed by atoms with van der Waals surface area (Å²) in [5.74, 6) is 0.276. The van der Waals surface area contributed by atoms with Gasteiger partial charge in [-0.3, -0.25) is 9.89 Å². The number of amides is 1. The number of H-pyrrole nitrogens is 1. The summed E-state index contributed by atoms with van der Waals surface area (Å²) in [6.45, 7) is 2.82. The zero-order valence-corrected chi connectivity index (χ0v) is 16.9. The van der Waals surface area contributed by atoms with E-state index in [-0.39, 0.29) is 30.3 Å². The van der Waals surface area contributed by atoms with Crippen LogP contribution in [0.4, 0.5) is 13.2 Å². The number of alkyl halides is 3. The fraction of sp³-hybridized carbons (Fsp3) is 0.571. The van der Waals surface area contributed by atoms with Crippen LogP contribution in [0.15, 0.2) is 30.3 Å². The molecule has 1 aliphatic heterocycles. The Balaban J connectivity index is 1.49. The van der Waals surface area contributed by atoms with E-state index in [9.17, 15) is 23.1 Å². The number of rotatable bonds is 4. The molecule has 1 aromatic heterocycles. The molecule has 30 heavy (non-hydrogen) atoms. The van der Waals surface area contributed by atoms with Crippen LogP contribution in [0, 0.1) is 11.8 Å². The third kappa shape index (κ3) is 3.38. The average Bonchev–Trinajstić information content (AvgIpc) is 3.35. The molecule has 2 unspecified atom stereocenters. The van der Waals surface area contributed by atoms with Crippen LogP contribution in [0.1, 0.15) is 38.9 Å². The molecule has 1 saturated heterocycles. The number of aromatic nitrogens is 3. The summed E-state index contributed by atoms with van der Waals surface area (Å²) in [5.41, 5.74) is -2.63. The fourth-order valence-electron chi connectivity index (χ4n) is 4.68. The number of aliphatic hydroxyl groups is 1. The van der Waals surface area contributed by atoms with Crippen LogP contribution < -0.4 is 0 Å².